The molecule has 108 valence electrons. The summed E-state index contributed by atoms with van der Waals surface area (Å²) >= 11 is 8.23. The van der Waals surface area contributed by atoms with Crippen LogP contribution in [0, 0.1) is 11.8 Å². The van der Waals surface area contributed by atoms with Crippen LogP contribution >= 0.6 is 23.4 Å². The van der Waals surface area contributed by atoms with Gasteiger partial charge in [-0.05, 0) is 48.3 Å². The third-order valence-corrected chi connectivity index (χ3v) is 4.24. The average molecular weight is 300 g/mol. The van der Waals surface area contributed by atoms with Crippen molar-refractivity contribution in [3.63, 3.8) is 0 Å². The Bertz CT molecular complexity index is 377. The van der Waals surface area contributed by atoms with Crippen molar-refractivity contribution >= 4 is 23.4 Å². The topological polar surface area (TPSA) is 12.0 Å². The van der Waals surface area contributed by atoms with Crippen LogP contribution in [0.3, 0.4) is 0 Å². The van der Waals surface area contributed by atoms with E-state index in [9.17, 15) is 0 Å². The van der Waals surface area contributed by atoms with Gasteiger partial charge in [0.15, 0.2) is 0 Å². The molecule has 0 bridgehead atoms. The van der Waals surface area contributed by atoms with Crippen molar-refractivity contribution in [1.29, 1.82) is 0 Å². The van der Waals surface area contributed by atoms with Crippen LogP contribution in [0.2, 0.25) is 5.02 Å². The van der Waals surface area contributed by atoms with Gasteiger partial charge in [-0.2, -0.15) is 0 Å². The molecule has 0 saturated heterocycles. The standard InChI is InChI=1S/C16H26ClNS/c1-12(2)7-8-19-15-6-5-14(16(17)9-15)11-18-10-13(3)4/h5-6,9,12-13,18H,7-8,10-11H2,1-4H3. The summed E-state index contributed by atoms with van der Waals surface area (Å²) in [6.45, 7) is 10.8. The minimum Gasteiger partial charge on any atom is -0.312 e. The highest BCUT2D eigenvalue weighted by molar-refractivity contribution is 7.99. The second-order valence-electron chi connectivity index (χ2n) is 5.81. The van der Waals surface area contributed by atoms with Crippen LogP contribution in [0.1, 0.15) is 39.7 Å². The summed E-state index contributed by atoms with van der Waals surface area (Å²) in [5.74, 6) is 2.60. The largest absolute Gasteiger partial charge is 0.312 e. The van der Waals surface area contributed by atoms with Gasteiger partial charge in [0, 0.05) is 16.5 Å². The minimum atomic E-state index is 0.671. The molecule has 1 aromatic carbocycles. The van der Waals surface area contributed by atoms with Crippen LogP contribution in [0.4, 0.5) is 0 Å². The van der Waals surface area contributed by atoms with E-state index in [0.29, 0.717) is 5.92 Å². The third-order valence-electron chi connectivity index (χ3n) is 2.86. The van der Waals surface area contributed by atoms with Crippen molar-refractivity contribution in [2.24, 2.45) is 11.8 Å². The Morgan fingerprint density at radius 3 is 2.47 bits per heavy atom. The van der Waals surface area contributed by atoms with Crippen LogP contribution in [-0.2, 0) is 6.54 Å². The number of rotatable bonds is 8. The van der Waals surface area contributed by atoms with Gasteiger partial charge in [0.1, 0.15) is 0 Å². The molecule has 0 aliphatic rings. The maximum atomic E-state index is 6.33. The maximum Gasteiger partial charge on any atom is 0.0462 e. The molecule has 1 nitrogen and oxygen atoms in total. The Kier molecular flexibility index (Phi) is 7.89. The van der Waals surface area contributed by atoms with Crippen LogP contribution in [0.15, 0.2) is 23.1 Å². The molecule has 1 N–H and O–H groups in total. The fourth-order valence-corrected chi connectivity index (χ4v) is 3.17. The lowest BCUT2D eigenvalue weighted by Gasteiger charge is -2.10. The van der Waals surface area contributed by atoms with E-state index in [-0.39, 0.29) is 0 Å². The zero-order valence-corrected chi connectivity index (χ0v) is 14.1. The summed E-state index contributed by atoms with van der Waals surface area (Å²) in [4.78, 5) is 1.28. The molecule has 0 fully saturated rings. The monoisotopic (exact) mass is 299 g/mol. The molecule has 0 atom stereocenters. The first-order chi connectivity index (χ1) is 8.99. The number of nitrogens with one attached hydrogen (secondary N) is 1. The first-order valence-electron chi connectivity index (χ1n) is 7.11. The van der Waals surface area contributed by atoms with Crippen LogP contribution in [-0.4, -0.2) is 12.3 Å². The zero-order valence-electron chi connectivity index (χ0n) is 12.5. The molecule has 0 saturated carbocycles. The predicted molar refractivity (Wildman–Crippen MR) is 88.2 cm³/mol. The molecule has 1 aromatic rings. The molecule has 3 heteroatoms. The van der Waals surface area contributed by atoms with Gasteiger partial charge in [0.2, 0.25) is 0 Å². The van der Waals surface area contributed by atoms with Gasteiger partial charge in [-0.25, -0.2) is 0 Å². The molecule has 0 aliphatic heterocycles. The average Bonchev–Trinajstić information content (AvgIpc) is 2.31. The second-order valence-corrected chi connectivity index (χ2v) is 7.38. The summed E-state index contributed by atoms with van der Waals surface area (Å²) in [5, 5.41) is 4.31. The van der Waals surface area contributed by atoms with Crippen molar-refractivity contribution in [1.82, 2.24) is 5.32 Å². The highest BCUT2D eigenvalue weighted by Gasteiger charge is 2.03. The Labute approximate surface area is 127 Å². The highest BCUT2D eigenvalue weighted by Crippen LogP contribution is 2.26. The van der Waals surface area contributed by atoms with Crippen molar-refractivity contribution in [2.45, 2.75) is 45.6 Å². The number of hydrogen-bond donors (Lipinski definition) is 1. The van der Waals surface area contributed by atoms with E-state index in [4.69, 9.17) is 11.6 Å². The van der Waals surface area contributed by atoms with Crippen LogP contribution in [0.5, 0.6) is 0 Å². The van der Waals surface area contributed by atoms with Gasteiger partial charge in [-0.15, -0.1) is 11.8 Å². The van der Waals surface area contributed by atoms with Gasteiger partial charge in [-0.3, -0.25) is 0 Å². The van der Waals surface area contributed by atoms with E-state index in [2.05, 4.69) is 51.2 Å². The van der Waals surface area contributed by atoms with Gasteiger partial charge >= 0.3 is 0 Å². The zero-order chi connectivity index (χ0) is 14.3. The van der Waals surface area contributed by atoms with E-state index in [1.165, 1.54) is 22.6 Å². The van der Waals surface area contributed by atoms with Gasteiger partial charge in [-0.1, -0.05) is 45.4 Å². The molecule has 0 radical (unpaired) electrons. The molecule has 0 unspecified atom stereocenters. The van der Waals surface area contributed by atoms with E-state index in [1.807, 2.05) is 11.8 Å². The Hall–Kier alpha value is -0.180. The number of benzene rings is 1. The first-order valence-corrected chi connectivity index (χ1v) is 8.47. The van der Waals surface area contributed by atoms with Gasteiger partial charge < -0.3 is 5.32 Å². The van der Waals surface area contributed by atoms with E-state index >= 15 is 0 Å². The van der Waals surface area contributed by atoms with E-state index < -0.39 is 0 Å². The summed E-state index contributed by atoms with van der Waals surface area (Å²) in [7, 11) is 0. The molecular formula is C16H26ClNS. The Morgan fingerprint density at radius 1 is 1.16 bits per heavy atom. The fraction of sp³-hybridized carbons (Fsp3) is 0.625. The van der Waals surface area contributed by atoms with Crippen molar-refractivity contribution < 1.29 is 0 Å². The molecule has 1 rings (SSSR count). The summed E-state index contributed by atoms with van der Waals surface area (Å²) in [6, 6.07) is 6.43. The molecule has 0 heterocycles. The predicted octanol–water partition coefficient (Wildman–Crippen LogP) is 5.22. The van der Waals surface area contributed by atoms with E-state index in [0.717, 1.165) is 24.0 Å². The normalized spacial score (nSPS) is 11.5. The lowest BCUT2D eigenvalue weighted by atomic mass is 10.2. The summed E-state index contributed by atoms with van der Waals surface area (Å²) in [5.41, 5.74) is 1.19. The molecule has 0 spiro atoms. The smallest absolute Gasteiger partial charge is 0.0462 e. The number of halogens is 1. The number of thioether (sulfide) groups is 1. The lowest BCUT2D eigenvalue weighted by Crippen LogP contribution is -2.19. The molecule has 0 aromatic heterocycles. The quantitative estimate of drug-likeness (QED) is 0.660. The molecule has 0 amide bonds. The van der Waals surface area contributed by atoms with Crippen molar-refractivity contribution in [3.05, 3.63) is 28.8 Å². The molecular weight excluding hydrogens is 274 g/mol. The van der Waals surface area contributed by atoms with Gasteiger partial charge in [0.25, 0.3) is 0 Å². The lowest BCUT2D eigenvalue weighted by molar-refractivity contribution is 0.552. The maximum absolute atomic E-state index is 6.33. The SMILES string of the molecule is CC(C)CCSc1ccc(CNCC(C)C)c(Cl)c1. The Balaban J connectivity index is 2.45. The van der Waals surface area contributed by atoms with Crippen LogP contribution < -0.4 is 5.32 Å². The number of hydrogen-bond acceptors (Lipinski definition) is 2. The highest BCUT2D eigenvalue weighted by atomic mass is 35.5. The van der Waals surface area contributed by atoms with Crippen LogP contribution in [0.25, 0.3) is 0 Å². The van der Waals surface area contributed by atoms with E-state index in [1.54, 1.807) is 0 Å². The molecule has 19 heavy (non-hydrogen) atoms. The Morgan fingerprint density at radius 2 is 1.89 bits per heavy atom. The van der Waals surface area contributed by atoms with Crippen molar-refractivity contribution in [2.75, 3.05) is 12.3 Å². The summed E-state index contributed by atoms with van der Waals surface area (Å²) in [6.07, 6.45) is 1.25. The second kappa shape index (κ2) is 8.89. The summed E-state index contributed by atoms with van der Waals surface area (Å²) < 4.78 is 0. The molecule has 0 aliphatic carbocycles. The fourth-order valence-electron chi connectivity index (χ4n) is 1.67. The van der Waals surface area contributed by atoms with Crippen molar-refractivity contribution in [3.8, 4) is 0 Å². The minimum absolute atomic E-state index is 0.671. The van der Waals surface area contributed by atoms with Gasteiger partial charge in [0.05, 0.1) is 0 Å². The third kappa shape index (κ3) is 7.24. The first kappa shape index (κ1) is 16.9.